The van der Waals surface area contributed by atoms with Gasteiger partial charge in [-0.3, -0.25) is 9.36 Å². The SMILES string of the molecule is Cc1cc(=O)n(-c2ccc(N3CCC(COc4cccc(C(F)(F)F)c4)CC3)c(Cl)c2)c(C)n1. The van der Waals surface area contributed by atoms with Crippen molar-refractivity contribution in [1.82, 2.24) is 9.55 Å². The molecule has 1 aliphatic rings. The average Bonchev–Trinajstić information content (AvgIpc) is 2.77. The minimum atomic E-state index is -4.39. The minimum Gasteiger partial charge on any atom is -0.493 e. The third kappa shape index (κ3) is 5.38. The van der Waals surface area contributed by atoms with Crippen LogP contribution in [-0.2, 0) is 6.18 Å². The fourth-order valence-corrected chi connectivity index (χ4v) is 4.56. The third-order valence-electron chi connectivity index (χ3n) is 6.01. The van der Waals surface area contributed by atoms with E-state index in [1.165, 1.54) is 16.7 Å². The number of aromatic nitrogens is 2. The van der Waals surface area contributed by atoms with E-state index in [2.05, 4.69) is 9.88 Å². The molecule has 1 fully saturated rings. The van der Waals surface area contributed by atoms with E-state index >= 15 is 0 Å². The zero-order valence-electron chi connectivity index (χ0n) is 18.9. The summed E-state index contributed by atoms with van der Waals surface area (Å²) >= 11 is 6.58. The van der Waals surface area contributed by atoms with E-state index in [0.29, 0.717) is 28.8 Å². The van der Waals surface area contributed by atoms with Gasteiger partial charge in [0.2, 0.25) is 0 Å². The second-order valence-electron chi connectivity index (χ2n) is 8.52. The smallest absolute Gasteiger partial charge is 0.416 e. The number of ether oxygens (including phenoxy) is 1. The van der Waals surface area contributed by atoms with Gasteiger partial charge in [-0.25, -0.2) is 4.98 Å². The molecule has 0 atom stereocenters. The molecule has 0 unspecified atom stereocenters. The highest BCUT2D eigenvalue weighted by Gasteiger charge is 2.30. The zero-order valence-corrected chi connectivity index (χ0v) is 19.7. The molecule has 0 N–H and O–H groups in total. The maximum Gasteiger partial charge on any atom is 0.416 e. The molecule has 3 aromatic rings. The Morgan fingerprint density at radius 3 is 2.47 bits per heavy atom. The van der Waals surface area contributed by atoms with E-state index in [0.717, 1.165) is 43.8 Å². The van der Waals surface area contributed by atoms with Gasteiger partial charge in [0.1, 0.15) is 11.6 Å². The lowest BCUT2D eigenvalue weighted by molar-refractivity contribution is -0.137. The van der Waals surface area contributed by atoms with E-state index in [-0.39, 0.29) is 17.2 Å². The summed E-state index contributed by atoms with van der Waals surface area (Å²) in [7, 11) is 0. The number of rotatable bonds is 5. The number of benzene rings is 2. The Kier molecular flexibility index (Phi) is 6.89. The van der Waals surface area contributed by atoms with E-state index < -0.39 is 11.7 Å². The van der Waals surface area contributed by atoms with Crippen LogP contribution in [0.1, 0.15) is 29.9 Å². The number of aryl methyl sites for hydroxylation is 2. The number of anilines is 1. The van der Waals surface area contributed by atoms with Gasteiger partial charge in [0.25, 0.3) is 5.56 Å². The summed E-state index contributed by atoms with van der Waals surface area (Å²) in [5.41, 5.74) is 1.34. The van der Waals surface area contributed by atoms with E-state index in [1.807, 2.05) is 12.1 Å². The highest BCUT2D eigenvalue weighted by molar-refractivity contribution is 6.33. The van der Waals surface area contributed by atoms with Gasteiger partial charge in [0.05, 0.1) is 28.6 Å². The first kappa shape index (κ1) is 24.1. The summed E-state index contributed by atoms with van der Waals surface area (Å²) in [6.45, 7) is 5.43. The van der Waals surface area contributed by atoms with Gasteiger partial charge < -0.3 is 9.64 Å². The molecule has 0 radical (unpaired) electrons. The van der Waals surface area contributed by atoms with Crippen LogP contribution in [-0.4, -0.2) is 29.2 Å². The van der Waals surface area contributed by atoms with Crippen molar-refractivity contribution in [2.75, 3.05) is 24.6 Å². The van der Waals surface area contributed by atoms with Crippen molar-refractivity contribution in [2.24, 2.45) is 5.92 Å². The summed E-state index contributed by atoms with van der Waals surface area (Å²) in [4.78, 5) is 19.0. The largest absolute Gasteiger partial charge is 0.493 e. The normalized spacial score (nSPS) is 14.9. The molecule has 4 rings (SSSR count). The summed E-state index contributed by atoms with van der Waals surface area (Å²) in [5, 5.41) is 0.544. The molecule has 5 nitrogen and oxygen atoms in total. The van der Waals surface area contributed by atoms with Gasteiger partial charge >= 0.3 is 6.18 Å². The van der Waals surface area contributed by atoms with Gasteiger partial charge in [0, 0.05) is 24.8 Å². The quantitative estimate of drug-likeness (QED) is 0.451. The predicted octanol–water partition coefficient (Wildman–Crippen LogP) is 5.82. The first-order valence-corrected chi connectivity index (χ1v) is 11.4. The zero-order chi connectivity index (χ0) is 24.5. The van der Waals surface area contributed by atoms with Gasteiger partial charge in [-0.05, 0) is 69.0 Å². The summed E-state index contributed by atoms with van der Waals surface area (Å²) in [5.74, 6) is 1.06. The van der Waals surface area contributed by atoms with Crippen LogP contribution in [0.15, 0.2) is 53.3 Å². The molecule has 2 aromatic carbocycles. The molecule has 180 valence electrons. The molecule has 1 saturated heterocycles. The highest BCUT2D eigenvalue weighted by atomic mass is 35.5. The van der Waals surface area contributed by atoms with Crippen LogP contribution in [0.5, 0.6) is 5.75 Å². The molecular formula is C25H25ClF3N3O2. The molecule has 1 aliphatic heterocycles. The second-order valence-corrected chi connectivity index (χ2v) is 8.93. The molecule has 9 heteroatoms. The van der Waals surface area contributed by atoms with Crippen molar-refractivity contribution in [3.8, 4) is 11.4 Å². The standard InChI is InChI=1S/C25H25ClF3N3O2/c1-16-12-24(33)32(17(2)30-16)20-6-7-23(22(26)14-20)31-10-8-18(9-11-31)15-34-21-5-3-4-19(13-21)25(27,28)29/h3-7,12-14,18H,8-11,15H2,1-2H3. The van der Waals surface area contributed by atoms with Gasteiger partial charge in [0.15, 0.2) is 0 Å². The fourth-order valence-electron chi connectivity index (χ4n) is 4.26. The lowest BCUT2D eigenvalue weighted by Gasteiger charge is -2.34. The summed E-state index contributed by atoms with van der Waals surface area (Å²) < 4.78 is 45.8. The van der Waals surface area contributed by atoms with Crippen LogP contribution in [0.2, 0.25) is 5.02 Å². The number of piperidine rings is 1. The molecule has 0 saturated carbocycles. The van der Waals surface area contributed by atoms with Crippen LogP contribution in [0.3, 0.4) is 0 Å². The van der Waals surface area contributed by atoms with Crippen molar-refractivity contribution >= 4 is 17.3 Å². The molecule has 2 heterocycles. The molecule has 0 amide bonds. The first-order valence-electron chi connectivity index (χ1n) is 11.0. The minimum absolute atomic E-state index is 0.157. The first-order chi connectivity index (χ1) is 16.1. The number of alkyl halides is 3. The van der Waals surface area contributed by atoms with Crippen LogP contribution >= 0.6 is 11.6 Å². The van der Waals surface area contributed by atoms with Crippen molar-refractivity contribution in [3.63, 3.8) is 0 Å². The monoisotopic (exact) mass is 491 g/mol. The second kappa shape index (κ2) is 9.70. The van der Waals surface area contributed by atoms with Crippen molar-refractivity contribution in [3.05, 3.63) is 81.0 Å². The molecular weight excluding hydrogens is 467 g/mol. The van der Waals surface area contributed by atoms with Crippen LogP contribution in [0, 0.1) is 19.8 Å². The molecule has 0 bridgehead atoms. The number of hydrogen-bond donors (Lipinski definition) is 0. The predicted molar refractivity (Wildman–Crippen MR) is 126 cm³/mol. The highest BCUT2D eigenvalue weighted by Crippen LogP contribution is 2.33. The Morgan fingerprint density at radius 2 is 1.82 bits per heavy atom. The Hall–Kier alpha value is -3.00. The molecule has 34 heavy (non-hydrogen) atoms. The summed E-state index contributed by atoms with van der Waals surface area (Å²) in [6, 6.07) is 12.0. The molecule has 0 spiro atoms. The van der Waals surface area contributed by atoms with Crippen molar-refractivity contribution in [2.45, 2.75) is 32.9 Å². The number of nitrogens with zero attached hydrogens (tertiary/aromatic N) is 3. The molecule has 1 aromatic heterocycles. The number of halogens is 4. The van der Waals surface area contributed by atoms with E-state index in [4.69, 9.17) is 16.3 Å². The Labute approximate surface area is 200 Å². The third-order valence-corrected chi connectivity index (χ3v) is 6.31. The fraction of sp³-hybridized carbons (Fsp3) is 0.360. The van der Waals surface area contributed by atoms with Gasteiger partial charge in [-0.1, -0.05) is 17.7 Å². The lowest BCUT2D eigenvalue weighted by atomic mass is 9.97. The number of hydrogen-bond acceptors (Lipinski definition) is 4. The van der Waals surface area contributed by atoms with Crippen LogP contribution < -0.4 is 15.2 Å². The van der Waals surface area contributed by atoms with E-state index in [9.17, 15) is 18.0 Å². The van der Waals surface area contributed by atoms with E-state index in [1.54, 1.807) is 26.0 Å². The van der Waals surface area contributed by atoms with Crippen LogP contribution in [0.25, 0.3) is 5.69 Å². The Balaban J connectivity index is 1.38. The maximum atomic E-state index is 12.9. The van der Waals surface area contributed by atoms with Gasteiger partial charge in [-0.2, -0.15) is 13.2 Å². The maximum absolute atomic E-state index is 12.9. The average molecular weight is 492 g/mol. The molecule has 0 aliphatic carbocycles. The van der Waals surface area contributed by atoms with Crippen LogP contribution in [0.4, 0.5) is 18.9 Å². The Bertz CT molecular complexity index is 1230. The van der Waals surface area contributed by atoms with Gasteiger partial charge in [-0.15, -0.1) is 0 Å². The Morgan fingerprint density at radius 1 is 1.09 bits per heavy atom. The topological polar surface area (TPSA) is 47.4 Å². The van der Waals surface area contributed by atoms with Crippen molar-refractivity contribution in [1.29, 1.82) is 0 Å². The lowest BCUT2D eigenvalue weighted by Crippen LogP contribution is -2.35. The van der Waals surface area contributed by atoms with Crippen molar-refractivity contribution < 1.29 is 17.9 Å². The summed E-state index contributed by atoms with van der Waals surface area (Å²) in [6.07, 6.45) is -2.73.